The fraction of sp³-hybridized carbons (Fsp3) is 0. The first-order valence-corrected chi connectivity index (χ1v) is 19.2. The minimum absolute atomic E-state index is 0.525. The summed E-state index contributed by atoms with van der Waals surface area (Å²) in [5.41, 5.74) is 12.5. The van der Waals surface area contributed by atoms with Crippen LogP contribution in [0.1, 0.15) is 11.1 Å². The maximum absolute atomic E-state index is 9.47. The Hall–Kier alpha value is -8.52. The second-order valence-corrected chi connectivity index (χ2v) is 14.2. The van der Waals surface area contributed by atoms with Crippen molar-refractivity contribution in [2.24, 2.45) is 0 Å². The van der Waals surface area contributed by atoms with Gasteiger partial charge in [-0.15, -0.1) is 0 Å². The maximum Gasteiger partial charge on any atom is 0.164 e. The van der Waals surface area contributed by atoms with Crippen LogP contribution in [-0.4, -0.2) is 24.5 Å². The Kier molecular flexibility index (Phi) is 8.80. The highest BCUT2D eigenvalue weighted by Gasteiger charge is 2.20. The lowest BCUT2D eigenvalue weighted by Crippen LogP contribution is -2.03. The lowest BCUT2D eigenvalue weighted by molar-refractivity contribution is 1.07. The molecule has 274 valence electrons. The predicted molar refractivity (Wildman–Crippen MR) is 234 cm³/mol. The van der Waals surface area contributed by atoms with Crippen molar-refractivity contribution in [3.63, 3.8) is 0 Å². The van der Waals surface area contributed by atoms with Gasteiger partial charge in [-0.2, -0.15) is 10.5 Å². The van der Waals surface area contributed by atoms with Crippen LogP contribution in [0.25, 0.3) is 95.2 Å². The molecule has 0 aliphatic carbocycles. The third-order valence-electron chi connectivity index (χ3n) is 10.6. The molecule has 7 nitrogen and oxygen atoms in total. The number of benzene rings is 7. The van der Waals surface area contributed by atoms with Crippen LogP contribution in [0.4, 0.5) is 0 Å². The predicted octanol–water partition coefficient (Wildman–Crippen LogP) is 12.1. The summed E-state index contributed by atoms with van der Waals surface area (Å²) in [6.45, 7) is 0. The third-order valence-corrected chi connectivity index (χ3v) is 10.6. The molecule has 0 aliphatic rings. The molecule has 0 spiro atoms. The zero-order chi connectivity index (χ0) is 39.7. The Balaban J connectivity index is 1.25. The van der Waals surface area contributed by atoms with Crippen molar-refractivity contribution in [1.29, 1.82) is 10.5 Å². The van der Waals surface area contributed by atoms with Gasteiger partial charge in [0.25, 0.3) is 0 Å². The van der Waals surface area contributed by atoms with Crippen molar-refractivity contribution >= 4 is 21.8 Å². The lowest BCUT2D eigenvalue weighted by Gasteiger charge is -2.15. The highest BCUT2D eigenvalue weighted by atomic mass is 15.0. The number of hydrogen-bond acceptors (Lipinski definition) is 6. The van der Waals surface area contributed by atoms with Crippen LogP contribution >= 0.6 is 0 Å². The second-order valence-electron chi connectivity index (χ2n) is 14.2. The standard InChI is InChI=1S/C52H31N7/c53-32-34-14-18-36(19-15-34)40-22-25-44-45-26-23-41(37-20-16-35(33-54)17-21-37)30-49(45)59(48(44)29-40)42-24-27-43(47-13-7-8-28-55-47)46(31-42)52-57-50(38-9-3-1-4-10-38)56-51(58-52)39-11-5-2-6-12-39/h1-31H. The van der Waals surface area contributed by atoms with Gasteiger partial charge in [0.15, 0.2) is 17.5 Å². The van der Waals surface area contributed by atoms with Gasteiger partial charge >= 0.3 is 0 Å². The SMILES string of the molecule is N#Cc1ccc(-c2ccc3c4ccc(-c5ccc(C#N)cc5)cc4n(-c4ccc(-c5ccccn5)c(-c5nc(-c6ccccc6)nc(-c6ccccc6)n5)c4)c3c2)cc1. The molecule has 0 radical (unpaired) electrons. The fourth-order valence-electron chi connectivity index (χ4n) is 7.66. The quantitative estimate of drug-likeness (QED) is 0.160. The number of hydrogen-bond donors (Lipinski definition) is 0. The van der Waals surface area contributed by atoms with Gasteiger partial charge in [0.2, 0.25) is 0 Å². The molecule has 7 aromatic carbocycles. The van der Waals surface area contributed by atoms with E-state index in [1.54, 1.807) is 6.20 Å². The maximum atomic E-state index is 9.47. The first-order chi connectivity index (χ1) is 29.1. The van der Waals surface area contributed by atoms with Crippen LogP contribution in [0, 0.1) is 22.7 Å². The molecule has 0 fully saturated rings. The van der Waals surface area contributed by atoms with Crippen LogP contribution in [0.2, 0.25) is 0 Å². The Morgan fingerprint density at radius 1 is 0.390 bits per heavy atom. The van der Waals surface area contributed by atoms with Gasteiger partial charge in [-0.1, -0.05) is 115 Å². The van der Waals surface area contributed by atoms with E-state index in [9.17, 15) is 10.5 Å². The van der Waals surface area contributed by atoms with E-state index >= 15 is 0 Å². The Labute approximate surface area is 340 Å². The molecule has 10 rings (SSSR count). The summed E-state index contributed by atoms with van der Waals surface area (Å²) in [5.74, 6) is 1.67. The smallest absolute Gasteiger partial charge is 0.164 e. The molecule has 3 aromatic heterocycles. The molecule has 0 N–H and O–H groups in total. The number of nitrogens with zero attached hydrogens (tertiary/aromatic N) is 7. The van der Waals surface area contributed by atoms with Crippen molar-refractivity contribution in [3.8, 4) is 85.5 Å². The van der Waals surface area contributed by atoms with E-state index in [1.165, 1.54) is 0 Å². The average Bonchev–Trinajstić information content (AvgIpc) is 3.65. The minimum Gasteiger partial charge on any atom is -0.309 e. The molecule has 0 amide bonds. The van der Waals surface area contributed by atoms with Crippen LogP contribution in [-0.2, 0) is 0 Å². The van der Waals surface area contributed by atoms with Gasteiger partial charge in [-0.05, 0) is 89.0 Å². The molecule has 0 unspecified atom stereocenters. The summed E-state index contributed by atoms with van der Waals surface area (Å²) in [5, 5.41) is 21.1. The normalized spacial score (nSPS) is 11.0. The summed E-state index contributed by atoms with van der Waals surface area (Å²) in [7, 11) is 0. The largest absolute Gasteiger partial charge is 0.309 e. The monoisotopic (exact) mass is 753 g/mol. The molecular formula is C52H31N7. The van der Waals surface area contributed by atoms with E-state index in [-0.39, 0.29) is 0 Å². The molecule has 59 heavy (non-hydrogen) atoms. The Morgan fingerprint density at radius 3 is 1.37 bits per heavy atom. The summed E-state index contributed by atoms with van der Waals surface area (Å²) < 4.78 is 2.30. The second kappa shape index (κ2) is 14.9. The van der Waals surface area contributed by atoms with E-state index in [0.717, 1.165) is 77.7 Å². The summed E-state index contributed by atoms with van der Waals surface area (Å²) in [4.78, 5) is 20.1. The van der Waals surface area contributed by atoms with Crippen molar-refractivity contribution in [1.82, 2.24) is 24.5 Å². The first kappa shape index (κ1) is 34.9. The highest BCUT2D eigenvalue weighted by molar-refractivity contribution is 6.11. The fourth-order valence-corrected chi connectivity index (χ4v) is 7.66. The lowest BCUT2D eigenvalue weighted by atomic mass is 10.0. The third kappa shape index (κ3) is 6.55. The van der Waals surface area contributed by atoms with Crippen LogP contribution in [0.15, 0.2) is 188 Å². The van der Waals surface area contributed by atoms with Gasteiger partial charge in [0.05, 0.1) is 40.0 Å². The van der Waals surface area contributed by atoms with Gasteiger partial charge < -0.3 is 4.57 Å². The topological polar surface area (TPSA) is 104 Å². The molecular weight excluding hydrogens is 723 g/mol. The molecule has 0 saturated heterocycles. The highest BCUT2D eigenvalue weighted by Crippen LogP contribution is 2.40. The van der Waals surface area contributed by atoms with Crippen LogP contribution in [0.5, 0.6) is 0 Å². The zero-order valence-corrected chi connectivity index (χ0v) is 31.5. The Morgan fingerprint density at radius 2 is 0.881 bits per heavy atom. The zero-order valence-electron chi connectivity index (χ0n) is 31.5. The Bertz CT molecular complexity index is 3080. The number of rotatable bonds is 7. The van der Waals surface area contributed by atoms with E-state index in [1.807, 2.05) is 127 Å². The van der Waals surface area contributed by atoms with Crippen molar-refractivity contribution in [2.75, 3.05) is 0 Å². The first-order valence-electron chi connectivity index (χ1n) is 19.2. The summed E-state index contributed by atoms with van der Waals surface area (Å²) >= 11 is 0. The van der Waals surface area contributed by atoms with Gasteiger partial charge in [-0.3, -0.25) is 4.98 Å². The molecule has 3 heterocycles. The molecule has 0 bridgehead atoms. The summed E-state index contributed by atoms with van der Waals surface area (Å²) in [6, 6.07) is 65.2. The number of nitriles is 2. The van der Waals surface area contributed by atoms with Crippen molar-refractivity contribution in [3.05, 3.63) is 199 Å². The van der Waals surface area contributed by atoms with Crippen LogP contribution in [0.3, 0.4) is 0 Å². The number of aromatic nitrogens is 5. The van der Waals surface area contributed by atoms with Crippen LogP contribution < -0.4 is 0 Å². The molecule has 0 atom stereocenters. The number of pyridine rings is 1. The van der Waals surface area contributed by atoms with Gasteiger partial charge in [0.1, 0.15) is 0 Å². The van der Waals surface area contributed by atoms with Crippen molar-refractivity contribution in [2.45, 2.75) is 0 Å². The molecule has 0 saturated carbocycles. The van der Waals surface area contributed by atoms with Crippen molar-refractivity contribution < 1.29 is 0 Å². The number of fused-ring (bicyclic) bond motifs is 3. The molecule has 7 heteroatoms. The summed E-state index contributed by atoms with van der Waals surface area (Å²) in [6.07, 6.45) is 1.80. The molecule has 10 aromatic rings. The van der Waals surface area contributed by atoms with E-state index in [0.29, 0.717) is 28.6 Å². The minimum atomic E-state index is 0.525. The van der Waals surface area contributed by atoms with E-state index in [2.05, 4.69) is 71.3 Å². The van der Waals surface area contributed by atoms with E-state index < -0.39 is 0 Å². The van der Waals surface area contributed by atoms with E-state index in [4.69, 9.17) is 19.9 Å². The van der Waals surface area contributed by atoms with Gasteiger partial charge in [-0.25, -0.2) is 15.0 Å². The van der Waals surface area contributed by atoms with Gasteiger partial charge in [0, 0.05) is 44.9 Å². The molecule has 0 aliphatic heterocycles. The average molecular weight is 754 g/mol.